The molecule has 0 saturated heterocycles. The molecule has 2 aliphatic heterocycles. The first-order valence-electron chi connectivity index (χ1n) is 11.4. The number of carbonyl (C=O) groups is 2. The Balaban J connectivity index is 1.79. The summed E-state index contributed by atoms with van der Waals surface area (Å²) in [5, 5.41) is 22.4. The van der Waals surface area contributed by atoms with Crippen molar-refractivity contribution in [1.82, 2.24) is 4.90 Å². The summed E-state index contributed by atoms with van der Waals surface area (Å²) in [5.41, 5.74) is 1.02. The second kappa shape index (κ2) is 9.42. The summed E-state index contributed by atoms with van der Waals surface area (Å²) in [6.45, 7) is 0.961. The molecule has 0 atom stereocenters. The highest BCUT2D eigenvalue weighted by Crippen LogP contribution is 2.39. The van der Waals surface area contributed by atoms with E-state index in [2.05, 4.69) is 4.99 Å². The summed E-state index contributed by atoms with van der Waals surface area (Å²) in [7, 11) is 0. The topological polar surface area (TPSA) is 113 Å². The highest BCUT2D eigenvalue weighted by molar-refractivity contribution is 6.32. The van der Waals surface area contributed by atoms with Crippen molar-refractivity contribution in [2.75, 3.05) is 13.1 Å². The summed E-state index contributed by atoms with van der Waals surface area (Å²) >= 11 is 0. The molecule has 5 rings (SSSR count). The van der Waals surface area contributed by atoms with Crippen molar-refractivity contribution >= 4 is 28.8 Å². The van der Waals surface area contributed by atoms with Crippen molar-refractivity contribution in [3.05, 3.63) is 123 Å². The van der Waals surface area contributed by atoms with E-state index in [-0.39, 0.29) is 33.9 Å². The number of amidine groups is 1. The molecule has 2 aliphatic rings. The smallest absolute Gasteiger partial charge is 0.280 e. The third-order valence-corrected chi connectivity index (χ3v) is 6.14. The van der Waals surface area contributed by atoms with Crippen molar-refractivity contribution in [2.24, 2.45) is 4.99 Å². The number of nitro groups is 1. The molecule has 0 radical (unpaired) electrons. The second-order valence-corrected chi connectivity index (χ2v) is 8.35. The number of nitrogens with zero attached hydrogens (tertiary/aromatic N) is 3. The molecule has 0 fully saturated rings. The zero-order chi connectivity index (χ0) is 25.2. The van der Waals surface area contributed by atoms with E-state index in [1.165, 1.54) is 30.3 Å². The molecular formula is C28H21N3O5. The van der Waals surface area contributed by atoms with Crippen LogP contribution in [0.15, 0.2) is 101 Å². The number of Topliss-reactive ketones (excluding diaryl/α,β-unsaturated/α-hetero) is 2. The van der Waals surface area contributed by atoms with Crippen LogP contribution in [0.25, 0.3) is 5.70 Å². The van der Waals surface area contributed by atoms with Gasteiger partial charge in [-0.3, -0.25) is 24.7 Å². The molecule has 3 aromatic carbocycles. The van der Waals surface area contributed by atoms with Crippen LogP contribution in [-0.2, 0) is 0 Å². The van der Waals surface area contributed by atoms with Gasteiger partial charge in [-0.15, -0.1) is 0 Å². The van der Waals surface area contributed by atoms with E-state index in [1.54, 1.807) is 59.5 Å². The number of nitro benzene ring substituents is 1. The average Bonchev–Trinajstić information content (AvgIpc) is 2.92. The van der Waals surface area contributed by atoms with E-state index in [0.29, 0.717) is 42.2 Å². The Labute approximate surface area is 206 Å². The van der Waals surface area contributed by atoms with Gasteiger partial charge < -0.3 is 10.0 Å². The summed E-state index contributed by atoms with van der Waals surface area (Å²) in [4.78, 5) is 45.0. The van der Waals surface area contributed by atoms with E-state index < -0.39 is 10.7 Å². The highest BCUT2D eigenvalue weighted by atomic mass is 16.6. The van der Waals surface area contributed by atoms with Crippen LogP contribution >= 0.6 is 0 Å². The number of rotatable bonds is 6. The number of benzene rings is 3. The molecule has 0 aliphatic carbocycles. The Kier molecular flexibility index (Phi) is 6.00. The van der Waals surface area contributed by atoms with Gasteiger partial charge in [0.1, 0.15) is 17.1 Å². The van der Waals surface area contributed by atoms with E-state index in [0.717, 1.165) is 0 Å². The van der Waals surface area contributed by atoms with Crippen molar-refractivity contribution in [2.45, 2.75) is 6.42 Å². The molecule has 0 saturated carbocycles. The normalized spacial score (nSPS) is 15.1. The van der Waals surface area contributed by atoms with Gasteiger partial charge in [-0.05, 0) is 30.7 Å². The van der Waals surface area contributed by atoms with Gasteiger partial charge in [0, 0.05) is 35.9 Å². The molecule has 8 heteroatoms. The van der Waals surface area contributed by atoms with Crippen molar-refractivity contribution < 1.29 is 19.6 Å². The first kappa shape index (κ1) is 22.9. The number of fused-ring (bicyclic) bond motifs is 1. The Hall–Kier alpha value is -4.85. The molecule has 0 bridgehead atoms. The predicted octanol–water partition coefficient (Wildman–Crippen LogP) is 4.82. The van der Waals surface area contributed by atoms with Gasteiger partial charge in [0.05, 0.1) is 16.2 Å². The lowest BCUT2D eigenvalue weighted by Gasteiger charge is -2.36. The fourth-order valence-corrected chi connectivity index (χ4v) is 4.50. The standard InChI is InChI=1S/C28H21N3O5/c32-24-14-7-5-12-20(24)25-21(27(34)19-11-4-6-13-23(19)31(35)36)17-22(28-29-15-8-16-30(25)28)26(33)18-9-2-1-3-10-18/h1-7,9-14,17,32H,8,15-16H2. The molecule has 0 spiro atoms. The minimum absolute atomic E-state index is 0.0588. The first-order valence-corrected chi connectivity index (χ1v) is 11.4. The van der Waals surface area contributed by atoms with Crippen LogP contribution in [0.1, 0.15) is 32.7 Å². The maximum atomic E-state index is 13.9. The van der Waals surface area contributed by atoms with Crippen molar-refractivity contribution in [1.29, 1.82) is 0 Å². The van der Waals surface area contributed by atoms with Gasteiger partial charge >= 0.3 is 0 Å². The zero-order valence-corrected chi connectivity index (χ0v) is 19.1. The Morgan fingerprint density at radius 3 is 2.36 bits per heavy atom. The van der Waals surface area contributed by atoms with Crippen molar-refractivity contribution in [3.63, 3.8) is 0 Å². The maximum absolute atomic E-state index is 13.9. The number of para-hydroxylation sites is 2. The molecule has 0 aromatic heterocycles. The average molecular weight is 479 g/mol. The van der Waals surface area contributed by atoms with E-state index >= 15 is 0 Å². The van der Waals surface area contributed by atoms with Crippen molar-refractivity contribution in [3.8, 4) is 5.75 Å². The fourth-order valence-electron chi connectivity index (χ4n) is 4.50. The number of aliphatic imine (C=N–C) groups is 1. The van der Waals surface area contributed by atoms with E-state index in [9.17, 15) is 24.8 Å². The van der Waals surface area contributed by atoms with Crippen LogP contribution in [0, 0.1) is 10.1 Å². The third-order valence-electron chi connectivity index (χ3n) is 6.14. The molecule has 8 nitrogen and oxygen atoms in total. The molecule has 0 unspecified atom stereocenters. The number of phenols is 1. The van der Waals surface area contributed by atoms with Crippen LogP contribution in [-0.4, -0.2) is 45.4 Å². The van der Waals surface area contributed by atoms with E-state index in [1.807, 2.05) is 0 Å². The number of ketones is 2. The molecule has 178 valence electrons. The van der Waals surface area contributed by atoms with Crippen LogP contribution in [0.3, 0.4) is 0 Å². The number of allylic oxidation sites excluding steroid dienone is 2. The zero-order valence-electron chi connectivity index (χ0n) is 19.1. The van der Waals surface area contributed by atoms with Gasteiger partial charge in [-0.1, -0.05) is 54.6 Å². The number of carbonyl (C=O) groups excluding carboxylic acids is 2. The monoisotopic (exact) mass is 479 g/mol. The molecule has 36 heavy (non-hydrogen) atoms. The van der Waals surface area contributed by atoms with Crippen LogP contribution < -0.4 is 0 Å². The summed E-state index contributed by atoms with van der Waals surface area (Å²) in [6.07, 6.45) is 2.12. The summed E-state index contributed by atoms with van der Waals surface area (Å²) in [5.74, 6) is -0.585. The first-order chi connectivity index (χ1) is 17.5. The molecule has 3 aromatic rings. The van der Waals surface area contributed by atoms with Gasteiger partial charge in [-0.2, -0.15) is 0 Å². The fraction of sp³-hybridized carbons (Fsp3) is 0.107. The van der Waals surface area contributed by atoms with Gasteiger partial charge in [0.25, 0.3) is 5.69 Å². The largest absolute Gasteiger partial charge is 0.507 e. The number of hydrogen-bond donors (Lipinski definition) is 1. The summed E-state index contributed by atoms with van der Waals surface area (Å²) < 4.78 is 0. The molecular weight excluding hydrogens is 458 g/mol. The molecule has 2 heterocycles. The molecule has 1 N–H and O–H groups in total. The lowest BCUT2D eigenvalue weighted by Crippen LogP contribution is -2.41. The SMILES string of the molecule is O=C(C1=CC(C(=O)c2ccccc2[N+](=O)[O-])=C(c2ccccc2O)N2CCCN=C12)c1ccccc1. The molecule has 0 amide bonds. The quantitative estimate of drug-likeness (QED) is 0.308. The van der Waals surface area contributed by atoms with Gasteiger partial charge in [0.15, 0.2) is 5.78 Å². The lowest BCUT2D eigenvalue weighted by molar-refractivity contribution is -0.385. The van der Waals surface area contributed by atoms with Gasteiger partial charge in [0.2, 0.25) is 5.78 Å². The Morgan fingerprint density at radius 2 is 1.61 bits per heavy atom. The second-order valence-electron chi connectivity index (χ2n) is 8.35. The van der Waals surface area contributed by atoms with Crippen LogP contribution in [0.4, 0.5) is 5.69 Å². The van der Waals surface area contributed by atoms with Crippen LogP contribution in [0.5, 0.6) is 5.75 Å². The van der Waals surface area contributed by atoms with Crippen LogP contribution in [0.2, 0.25) is 0 Å². The third kappa shape index (κ3) is 3.98. The Morgan fingerprint density at radius 1 is 0.917 bits per heavy atom. The Bertz CT molecular complexity index is 1490. The lowest BCUT2D eigenvalue weighted by atomic mass is 9.88. The maximum Gasteiger partial charge on any atom is 0.280 e. The number of hydrogen-bond acceptors (Lipinski definition) is 7. The number of aromatic hydroxyl groups is 1. The predicted molar refractivity (Wildman–Crippen MR) is 135 cm³/mol. The minimum Gasteiger partial charge on any atom is -0.507 e. The highest BCUT2D eigenvalue weighted by Gasteiger charge is 2.37. The summed E-state index contributed by atoms with van der Waals surface area (Å²) in [6, 6.07) is 20.9. The van der Waals surface area contributed by atoms with E-state index in [4.69, 9.17) is 0 Å². The number of phenolic OH excluding ortho intramolecular Hbond substituents is 1. The minimum atomic E-state index is -0.622. The van der Waals surface area contributed by atoms with Gasteiger partial charge in [-0.25, -0.2) is 0 Å².